The molecule has 0 N–H and O–H groups in total. The van der Waals surface area contributed by atoms with E-state index in [9.17, 15) is 4.79 Å². The molecule has 3 rings (SSSR count). The van der Waals surface area contributed by atoms with Gasteiger partial charge in [0.2, 0.25) is 0 Å². The number of hydrogen-bond donors (Lipinski definition) is 0. The monoisotopic (exact) mass is 310 g/mol. The Morgan fingerprint density at radius 2 is 1.48 bits per heavy atom. The minimum atomic E-state index is -0.368. The van der Waals surface area contributed by atoms with Crippen molar-refractivity contribution in [1.82, 2.24) is 0 Å². The third-order valence-electron chi connectivity index (χ3n) is 3.41. The quantitative estimate of drug-likeness (QED) is 0.530. The highest BCUT2D eigenvalue weighted by Gasteiger charge is 2.01. The minimum absolute atomic E-state index is 0.368. The highest BCUT2D eigenvalue weighted by Crippen LogP contribution is 2.20. The van der Waals surface area contributed by atoms with Gasteiger partial charge >= 0.3 is 5.63 Å². The number of aryl methyl sites for hydroxylation is 2. The lowest BCUT2D eigenvalue weighted by Crippen LogP contribution is -2.09. The molecule has 0 saturated carbocycles. The van der Waals surface area contributed by atoms with Crippen LogP contribution >= 0.6 is 0 Å². The van der Waals surface area contributed by atoms with E-state index in [1.807, 2.05) is 38.1 Å². The first-order valence-electron chi connectivity index (χ1n) is 7.48. The van der Waals surface area contributed by atoms with Crippen LogP contribution < -0.4 is 15.1 Å². The van der Waals surface area contributed by atoms with Gasteiger partial charge in [-0.3, -0.25) is 0 Å². The molecule has 0 unspecified atom stereocenters. The molecule has 4 heteroatoms. The van der Waals surface area contributed by atoms with Crippen LogP contribution in [0.1, 0.15) is 11.1 Å². The van der Waals surface area contributed by atoms with E-state index in [2.05, 4.69) is 6.07 Å². The fourth-order valence-corrected chi connectivity index (χ4v) is 2.47. The number of hydrogen-bond acceptors (Lipinski definition) is 4. The predicted molar refractivity (Wildman–Crippen MR) is 89.4 cm³/mol. The molecule has 0 aliphatic heterocycles. The van der Waals surface area contributed by atoms with E-state index in [1.165, 1.54) is 17.2 Å². The zero-order valence-corrected chi connectivity index (χ0v) is 13.2. The summed E-state index contributed by atoms with van der Waals surface area (Å²) in [5, 5.41) is 0.864. The summed E-state index contributed by atoms with van der Waals surface area (Å²) < 4.78 is 16.5. The Balaban J connectivity index is 1.59. The van der Waals surface area contributed by atoms with Crippen molar-refractivity contribution in [3.8, 4) is 11.5 Å². The first-order valence-corrected chi connectivity index (χ1v) is 7.48. The molecule has 3 aromatic rings. The molecule has 23 heavy (non-hydrogen) atoms. The average Bonchev–Trinajstić information content (AvgIpc) is 2.50. The van der Waals surface area contributed by atoms with Gasteiger partial charge in [-0.1, -0.05) is 6.07 Å². The highest BCUT2D eigenvalue weighted by atomic mass is 16.5. The minimum Gasteiger partial charge on any atom is -0.490 e. The van der Waals surface area contributed by atoms with Gasteiger partial charge < -0.3 is 13.9 Å². The molecule has 1 heterocycles. The van der Waals surface area contributed by atoms with Crippen molar-refractivity contribution in [3.63, 3.8) is 0 Å². The molecule has 0 aliphatic rings. The van der Waals surface area contributed by atoms with Gasteiger partial charge in [0.05, 0.1) is 0 Å². The third kappa shape index (κ3) is 3.92. The summed E-state index contributed by atoms with van der Waals surface area (Å²) in [5.41, 5.74) is 2.49. The molecular weight excluding hydrogens is 292 g/mol. The summed E-state index contributed by atoms with van der Waals surface area (Å²) >= 11 is 0. The van der Waals surface area contributed by atoms with Crippen molar-refractivity contribution < 1.29 is 13.9 Å². The van der Waals surface area contributed by atoms with E-state index in [0.717, 1.165) is 11.1 Å². The number of ether oxygens (including phenoxy) is 2. The first kappa shape index (κ1) is 15.2. The van der Waals surface area contributed by atoms with Crippen LogP contribution in [0.3, 0.4) is 0 Å². The van der Waals surface area contributed by atoms with Crippen LogP contribution in [0, 0.1) is 13.8 Å². The van der Waals surface area contributed by atoms with Crippen LogP contribution in [-0.4, -0.2) is 13.2 Å². The van der Waals surface area contributed by atoms with Gasteiger partial charge in [0.1, 0.15) is 30.3 Å². The van der Waals surface area contributed by atoms with E-state index >= 15 is 0 Å². The van der Waals surface area contributed by atoms with Gasteiger partial charge in [0, 0.05) is 17.5 Å². The van der Waals surface area contributed by atoms with Crippen LogP contribution in [-0.2, 0) is 0 Å². The van der Waals surface area contributed by atoms with Crippen molar-refractivity contribution in [2.45, 2.75) is 13.8 Å². The van der Waals surface area contributed by atoms with Gasteiger partial charge in [-0.05, 0) is 55.3 Å². The molecule has 118 valence electrons. The van der Waals surface area contributed by atoms with E-state index in [1.54, 1.807) is 12.1 Å². The lowest BCUT2D eigenvalue weighted by Gasteiger charge is -2.10. The molecule has 0 saturated heterocycles. The van der Waals surface area contributed by atoms with Crippen LogP contribution in [0.4, 0.5) is 0 Å². The lowest BCUT2D eigenvalue weighted by molar-refractivity contribution is 0.217. The van der Waals surface area contributed by atoms with Gasteiger partial charge in [0.15, 0.2) is 0 Å². The zero-order chi connectivity index (χ0) is 16.2. The predicted octanol–water partition coefficient (Wildman–Crippen LogP) is 3.87. The maximum Gasteiger partial charge on any atom is 0.336 e. The van der Waals surface area contributed by atoms with Gasteiger partial charge in [0.25, 0.3) is 0 Å². The van der Waals surface area contributed by atoms with Crippen LogP contribution in [0.5, 0.6) is 11.5 Å². The fourth-order valence-electron chi connectivity index (χ4n) is 2.47. The Kier molecular flexibility index (Phi) is 4.33. The van der Waals surface area contributed by atoms with Crippen molar-refractivity contribution in [2.75, 3.05) is 13.2 Å². The van der Waals surface area contributed by atoms with Crippen LogP contribution in [0.25, 0.3) is 11.0 Å². The van der Waals surface area contributed by atoms with E-state index < -0.39 is 0 Å². The first-order chi connectivity index (χ1) is 11.1. The highest BCUT2D eigenvalue weighted by molar-refractivity contribution is 5.77. The molecule has 0 aliphatic carbocycles. The molecule has 0 fully saturated rings. The lowest BCUT2D eigenvalue weighted by atomic mass is 10.1. The van der Waals surface area contributed by atoms with Gasteiger partial charge in [-0.25, -0.2) is 4.79 Å². The molecule has 0 atom stereocenters. The maximum absolute atomic E-state index is 11.2. The van der Waals surface area contributed by atoms with E-state index in [-0.39, 0.29) is 5.63 Å². The largest absolute Gasteiger partial charge is 0.490 e. The third-order valence-corrected chi connectivity index (χ3v) is 3.41. The number of fused-ring (bicyclic) bond motifs is 1. The number of rotatable bonds is 5. The van der Waals surface area contributed by atoms with Gasteiger partial charge in [-0.2, -0.15) is 0 Å². The van der Waals surface area contributed by atoms with E-state index in [0.29, 0.717) is 24.5 Å². The van der Waals surface area contributed by atoms with Gasteiger partial charge in [-0.15, -0.1) is 0 Å². The topological polar surface area (TPSA) is 48.7 Å². The normalized spacial score (nSPS) is 10.7. The Hall–Kier alpha value is -2.75. The molecule has 0 amide bonds. The summed E-state index contributed by atoms with van der Waals surface area (Å²) in [6.07, 6.45) is 0. The molecule has 0 bridgehead atoms. The number of benzene rings is 2. The molecule has 2 aromatic carbocycles. The Bertz CT molecular complexity index is 860. The summed E-state index contributed by atoms with van der Waals surface area (Å²) in [6.45, 7) is 4.94. The smallest absolute Gasteiger partial charge is 0.336 e. The molecule has 0 spiro atoms. The summed E-state index contributed by atoms with van der Waals surface area (Å²) in [5.74, 6) is 1.49. The van der Waals surface area contributed by atoms with E-state index in [4.69, 9.17) is 13.9 Å². The standard InChI is InChI=1S/C19H18O4/c1-13-9-14(2)11-17(10-13)22-8-7-21-16-5-3-15-4-6-19(20)23-18(15)12-16/h3-6,9-12H,7-8H2,1-2H3. The second-order valence-corrected chi connectivity index (χ2v) is 5.47. The van der Waals surface area contributed by atoms with Crippen molar-refractivity contribution >= 4 is 11.0 Å². The summed E-state index contributed by atoms with van der Waals surface area (Å²) in [6, 6.07) is 14.7. The summed E-state index contributed by atoms with van der Waals surface area (Å²) in [7, 11) is 0. The fraction of sp³-hybridized carbons (Fsp3) is 0.211. The van der Waals surface area contributed by atoms with Crippen molar-refractivity contribution in [3.05, 3.63) is 70.1 Å². The second-order valence-electron chi connectivity index (χ2n) is 5.47. The Labute approximate surface area is 134 Å². The average molecular weight is 310 g/mol. The molecular formula is C19H18O4. The molecule has 4 nitrogen and oxygen atoms in total. The van der Waals surface area contributed by atoms with Crippen molar-refractivity contribution in [2.24, 2.45) is 0 Å². The molecule has 0 radical (unpaired) electrons. The Morgan fingerprint density at radius 1 is 0.826 bits per heavy atom. The Morgan fingerprint density at radius 3 is 2.22 bits per heavy atom. The van der Waals surface area contributed by atoms with Crippen LogP contribution in [0.15, 0.2) is 57.7 Å². The summed E-state index contributed by atoms with van der Waals surface area (Å²) in [4.78, 5) is 11.2. The molecule has 1 aromatic heterocycles. The zero-order valence-electron chi connectivity index (χ0n) is 13.2. The second kappa shape index (κ2) is 6.57. The SMILES string of the molecule is Cc1cc(C)cc(OCCOc2ccc3ccc(=O)oc3c2)c1. The van der Waals surface area contributed by atoms with Crippen LogP contribution in [0.2, 0.25) is 0 Å². The van der Waals surface area contributed by atoms with Crippen molar-refractivity contribution in [1.29, 1.82) is 0 Å². The maximum atomic E-state index is 11.2.